The third kappa shape index (κ3) is 3.65. The number of aliphatic carboxylic acids is 1. The van der Waals surface area contributed by atoms with Gasteiger partial charge in [0, 0.05) is 30.3 Å². The molecule has 3 amide bonds. The van der Waals surface area contributed by atoms with Crippen molar-refractivity contribution in [2.75, 3.05) is 18.5 Å². The minimum absolute atomic E-state index is 0.0597. The Bertz CT molecular complexity index is 665. The van der Waals surface area contributed by atoms with Crippen LogP contribution in [0.4, 0.5) is 10.5 Å². The average Bonchev–Trinajstić information content (AvgIpc) is 3.22. The molecule has 2 aliphatic rings. The number of carbonyl (C=O) groups excluding carboxylic acids is 2. The van der Waals surface area contributed by atoms with Crippen LogP contribution in [0.2, 0.25) is 0 Å². The van der Waals surface area contributed by atoms with E-state index in [1.54, 1.807) is 18.2 Å². The van der Waals surface area contributed by atoms with Gasteiger partial charge in [0.2, 0.25) is 0 Å². The summed E-state index contributed by atoms with van der Waals surface area (Å²) in [4.78, 5) is 35.6. The number of anilines is 1. The standard InChI is InChI=1S/C16H19N3O5/c20-13(19-16(14(21)22)6-7-24-9-16)10-2-1-3-12(8-10)18-15(23)17-11-4-5-11/h1-3,8,11H,4-7,9H2,(H,19,20)(H,21,22)(H2,17,18,23). The van der Waals surface area contributed by atoms with Crippen LogP contribution < -0.4 is 16.0 Å². The smallest absolute Gasteiger partial charge is 0.331 e. The number of amides is 3. The number of carbonyl (C=O) groups is 3. The summed E-state index contributed by atoms with van der Waals surface area (Å²) in [5.74, 6) is -1.64. The minimum atomic E-state index is -1.40. The first-order chi connectivity index (χ1) is 11.5. The molecule has 1 aromatic carbocycles. The van der Waals surface area contributed by atoms with Crippen molar-refractivity contribution < 1.29 is 24.2 Å². The summed E-state index contributed by atoms with van der Waals surface area (Å²) in [5.41, 5.74) is -0.663. The summed E-state index contributed by atoms with van der Waals surface area (Å²) in [6, 6.07) is 6.27. The number of hydrogen-bond donors (Lipinski definition) is 4. The zero-order valence-corrected chi connectivity index (χ0v) is 13.0. The van der Waals surface area contributed by atoms with Crippen molar-refractivity contribution in [3.63, 3.8) is 0 Å². The SMILES string of the molecule is O=C(Nc1cccc(C(=O)NC2(C(=O)O)CCOC2)c1)NC1CC1. The third-order valence-electron chi connectivity index (χ3n) is 4.08. The summed E-state index contributed by atoms with van der Waals surface area (Å²) in [6.45, 7) is 0.228. The Balaban J connectivity index is 1.67. The van der Waals surface area contributed by atoms with Crippen LogP contribution in [0.5, 0.6) is 0 Å². The fourth-order valence-corrected chi connectivity index (χ4v) is 2.49. The van der Waals surface area contributed by atoms with Crippen molar-refractivity contribution in [3.05, 3.63) is 29.8 Å². The Morgan fingerprint density at radius 2 is 2.04 bits per heavy atom. The number of benzene rings is 1. The maximum atomic E-state index is 12.4. The topological polar surface area (TPSA) is 117 Å². The van der Waals surface area contributed by atoms with E-state index in [0.29, 0.717) is 5.69 Å². The monoisotopic (exact) mass is 333 g/mol. The highest BCUT2D eigenvalue weighted by Gasteiger charge is 2.44. The van der Waals surface area contributed by atoms with Crippen LogP contribution in [0.25, 0.3) is 0 Å². The van der Waals surface area contributed by atoms with Crippen molar-refractivity contribution in [1.29, 1.82) is 0 Å². The highest BCUT2D eigenvalue weighted by Crippen LogP contribution is 2.21. The summed E-state index contributed by atoms with van der Waals surface area (Å²) in [7, 11) is 0. The normalized spacial score (nSPS) is 22.7. The van der Waals surface area contributed by atoms with Crippen molar-refractivity contribution in [2.45, 2.75) is 30.8 Å². The van der Waals surface area contributed by atoms with E-state index in [-0.39, 0.29) is 37.3 Å². The quantitative estimate of drug-likeness (QED) is 0.640. The lowest BCUT2D eigenvalue weighted by Gasteiger charge is -2.23. The minimum Gasteiger partial charge on any atom is -0.479 e. The fourth-order valence-electron chi connectivity index (χ4n) is 2.49. The van der Waals surface area contributed by atoms with Gasteiger partial charge >= 0.3 is 12.0 Å². The molecule has 1 saturated heterocycles. The van der Waals surface area contributed by atoms with Gasteiger partial charge in [0.1, 0.15) is 0 Å². The predicted octanol–water partition coefficient (Wildman–Crippen LogP) is 0.944. The molecular weight excluding hydrogens is 314 g/mol. The van der Waals surface area contributed by atoms with Crippen molar-refractivity contribution in [2.24, 2.45) is 0 Å². The molecule has 0 bridgehead atoms. The van der Waals surface area contributed by atoms with E-state index in [9.17, 15) is 19.5 Å². The molecule has 1 aliphatic heterocycles. The zero-order chi connectivity index (χ0) is 17.2. The van der Waals surface area contributed by atoms with Gasteiger partial charge in [0.15, 0.2) is 5.54 Å². The Morgan fingerprint density at radius 3 is 2.67 bits per heavy atom. The molecule has 0 aromatic heterocycles. The van der Waals surface area contributed by atoms with E-state index in [2.05, 4.69) is 16.0 Å². The molecular formula is C16H19N3O5. The lowest BCUT2D eigenvalue weighted by molar-refractivity contribution is -0.144. The van der Waals surface area contributed by atoms with Crippen molar-refractivity contribution in [1.82, 2.24) is 10.6 Å². The van der Waals surface area contributed by atoms with Gasteiger partial charge in [0.05, 0.1) is 6.61 Å². The lowest BCUT2D eigenvalue weighted by Crippen LogP contribution is -2.55. The van der Waals surface area contributed by atoms with Gasteiger partial charge in [-0.1, -0.05) is 6.07 Å². The molecule has 128 valence electrons. The fraction of sp³-hybridized carbons (Fsp3) is 0.438. The van der Waals surface area contributed by atoms with Gasteiger partial charge in [-0.15, -0.1) is 0 Å². The maximum Gasteiger partial charge on any atom is 0.331 e. The second-order valence-electron chi connectivity index (χ2n) is 6.10. The molecule has 3 rings (SSSR count). The zero-order valence-electron chi connectivity index (χ0n) is 13.0. The van der Waals surface area contributed by atoms with Crippen LogP contribution in [-0.2, 0) is 9.53 Å². The highest BCUT2D eigenvalue weighted by atomic mass is 16.5. The Hall–Kier alpha value is -2.61. The van der Waals surface area contributed by atoms with Crippen molar-refractivity contribution in [3.8, 4) is 0 Å². The Labute approximate surface area is 138 Å². The molecule has 24 heavy (non-hydrogen) atoms. The number of carboxylic acid groups (broad SMARTS) is 1. The number of rotatable bonds is 5. The molecule has 1 aromatic rings. The van der Waals surface area contributed by atoms with Crippen LogP contribution in [-0.4, -0.2) is 47.8 Å². The number of urea groups is 1. The van der Waals surface area contributed by atoms with Crippen molar-refractivity contribution >= 4 is 23.6 Å². The van der Waals surface area contributed by atoms with E-state index in [1.165, 1.54) is 6.07 Å². The van der Waals surface area contributed by atoms with Gasteiger partial charge in [-0.2, -0.15) is 0 Å². The van der Waals surface area contributed by atoms with Gasteiger partial charge in [-0.25, -0.2) is 9.59 Å². The van der Waals surface area contributed by atoms with Gasteiger partial charge in [0.25, 0.3) is 5.91 Å². The van der Waals surface area contributed by atoms with E-state index >= 15 is 0 Å². The predicted molar refractivity (Wildman–Crippen MR) is 84.9 cm³/mol. The van der Waals surface area contributed by atoms with E-state index in [0.717, 1.165) is 12.8 Å². The summed E-state index contributed by atoms with van der Waals surface area (Å²) in [6.07, 6.45) is 2.18. The second kappa shape index (κ2) is 6.48. The first kappa shape index (κ1) is 16.3. The molecule has 2 fully saturated rings. The molecule has 0 spiro atoms. The number of nitrogens with one attached hydrogen (secondary N) is 3. The van der Waals surface area contributed by atoms with Crippen LogP contribution in [0.1, 0.15) is 29.6 Å². The largest absolute Gasteiger partial charge is 0.479 e. The number of carboxylic acids is 1. The lowest BCUT2D eigenvalue weighted by atomic mass is 9.98. The highest BCUT2D eigenvalue weighted by molar-refractivity contribution is 5.99. The van der Waals surface area contributed by atoms with Crippen LogP contribution in [0, 0.1) is 0 Å². The molecule has 1 heterocycles. The summed E-state index contributed by atoms with van der Waals surface area (Å²) < 4.78 is 5.12. The van der Waals surface area contributed by atoms with Crippen LogP contribution in [0.3, 0.4) is 0 Å². The molecule has 1 saturated carbocycles. The van der Waals surface area contributed by atoms with Crippen LogP contribution >= 0.6 is 0 Å². The average molecular weight is 333 g/mol. The van der Waals surface area contributed by atoms with Crippen LogP contribution in [0.15, 0.2) is 24.3 Å². The van der Waals surface area contributed by atoms with E-state index in [1.807, 2.05) is 0 Å². The Morgan fingerprint density at radius 1 is 1.25 bits per heavy atom. The van der Waals surface area contributed by atoms with Gasteiger partial charge in [-0.3, -0.25) is 4.79 Å². The third-order valence-corrected chi connectivity index (χ3v) is 4.08. The Kier molecular flexibility index (Phi) is 4.39. The number of hydrogen-bond acceptors (Lipinski definition) is 4. The second-order valence-corrected chi connectivity index (χ2v) is 6.10. The van der Waals surface area contributed by atoms with E-state index < -0.39 is 17.4 Å². The molecule has 1 atom stereocenters. The molecule has 4 N–H and O–H groups in total. The van der Waals surface area contributed by atoms with E-state index in [4.69, 9.17) is 4.74 Å². The molecule has 8 nitrogen and oxygen atoms in total. The van der Waals surface area contributed by atoms with Gasteiger partial charge < -0.3 is 25.8 Å². The number of ether oxygens (including phenoxy) is 1. The van der Waals surface area contributed by atoms with Gasteiger partial charge in [-0.05, 0) is 31.0 Å². The summed E-state index contributed by atoms with van der Waals surface area (Å²) >= 11 is 0. The molecule has 1 unspecified atom stereocenters. The maximum absolute atomic E-state index is 12.4. The first-order valence-corrected chi connectivity index (χ1v) is 7.80. The summed E-state index contributed by atoms with van der Waals surface area (Å²) in [5, 5.41) is 17.4. The molecule has 0 radical (unpaired) electrons. The molecule has 8 heteroatoms. The molecule has 1 aliphatic carbocycles. The first-order valence-electron chi connectivity index (χ1n) is 7.80.